The lowest BCUT2D eigenvalue weighted by Gasteiger charge is -2.03. The molecule has 0 saturated carbocycles. The first-order valence-corrected chi connectivity index (χ1v) is 8.10. The molecular weight excluding hydrogens is 360 g/mol. The van der Waals surface area contributed by atoms with Crippen molar-refractivity contribution in [2.24, 2.45) is 5.10 Å². The summed E-state index contributed by atoms with van der Waals surface area (Å²) in [5.74, 6) is -0.284. The molecule has 1 amide bonds. The van der Waals surface area contributed by atoms with Gasteiger partial charge in [0.2, 0.25) is 11.6 Å². The van der Waals surface area contributed by atoms with Gasteiger partial charge in [-0.3, -0.25) is 4.79 Å². The highest BCUT2D eigenvalue weighted by Gasteiger charge is 2.23. The summed E-state index contributed by atoms with van der Waals surface area (Å²) in [6.45, 7) is 1.96. The zero-order chi connectivity index (χ0) is 18.5. The van der Waals surface area contributed by atoms with Crippen LogP contribution in [-0.2, 0) is 6.42 Å². The summed E-state index contributed by atoms with van der Waals surface area (Å²) < 4.78 is 5.91. The van der Waals surface area contributed by atoms with E-state index in [2.05, 4.69) is 35.8 Å². The minimum Gasteiger partial charge on any atom is -0.378 e. The predicted molar refractivity (Wildman–Crippen MR) is 94.1 cm³/mol. The van der Waals surface area contributed by atoms with Crippen molar-refractivity contribution in [3.63, 3.8) is 0 Å². The van der Waals surface area contributed by atoms with Crippen LogP contribution in [0.2, 0.25) is 5.02 Å². The third kappa shape index (κ3) is 3.54. The highest BCUT2D eigenvalue weighted by Crippen LogP contribution is 2.17. The Morgan fingerprint density at radius 2 is 2.23 bits per heavy atom. The fourth-order valence-electron chi connectivity index (χ4n) is 2.24. The van der Waals surface area contributed by atoms with Gasteiger partial charge in [0, 0.05) is 10.6 Å². The zero-order valence-electron chi connectivity index (χ0n) is 13.8. The molecule has 0 bridgehead atoms. The van der Waals surface area contributed by atoms with E-state index in [-0.39, 0.29) is 17.3 Å². The minimum absolute atomic E-state index is 0.0518. The molecule has 1 aromatic carbocycles. The fourth-order valence-corrected chi connectivity index (χ4v) is 2.42. The van der Waals surface area contributed by atoms with Gasteiger partial charge in [-0.25, -0.2) is 10.1 Å². The predicted octanol–water partition coefficient (Wildman–Crippen LogP) is 1.60. The number of nitrogen functional groups attached to an aromatic ring is 1. The molecule has 0 radical (unpaired) electrons. The molecule has 0 aliphatic rings. The SMILES string of the molecule is CCCc1c(C(=O)N/N=C\c2ccccc2Cl)nnn1-c1nonc1N. The summed E-state index contributed by atoms with van der Waals surface area (Å²) in [4.78, 5) is 12.4. The van der Waals surface area contributed by atoms with Crippen molar-refractivity contribution in [3.05, 3.63) is 46.2 Å². The lowest BCUT2D eigenvalue weighted by molar-refractivity contribution is 0.0949. The van der Waals surface area contributed by atoms with Gasteiger partial charge in [0.25, 0.3) is 5.91 Å². The second-order valence-electron chi connectivity index (χ2n) is 5.24. The molecule has 26 heavy (non-hydrogen) atoms. The van der Waals surface area contributed by atoms with Gasteiger partial charge in [-0.1, -0.05) is 48.4 Å². The molecule has 0 aliphatic heterocycles. The first-order chi connectivity index (χ1) is 12.6. The largest absolute Gasteiger partial charge is 0.378 e. The first kappa shape index (κ1) is 17.5. The van der Waals surface area contributed by atoms with Crippen LogP contribution in [0.15, 0.2) is 34.0 Å². The van der Waals surface area contributed by atoms with Crippen LogP contribution in [0.3, 0.4) is 0 Å². The van der Waals surface area contributed by atoms with Gasteiger partial charge in [0.05, 0.1) is 11.9 Å². The molecule has 0 aliphatic carbocycles. The summed E-state index contributed by atoms with van der Waals surface area (Å²) in [6.07, 6.45) is 2.72. The van der Waals surface area contributed by atoms with E-state index in [1.165, 1.54) is 10.9 Å². The van der Waals surface area contributed by atoms with Crippen LogP contribution in [0.1, 0.15) is 35.1 Å². The van der Waals surface area contributed by atoms with E-state index in [9.17, 15) is 4.79 Å². The van der Waals surface area contributed by atoms with E-state index >= 15 is 0 Å². The van der Waals surface area contributed by atoms with Crippen molar-refractivity contribution in [2.75, 3.05) is 5.73 Å². The van der Waals surface area contributed by atoms with Crippen molar-refractivity contribution in [2.45, 2.75) is 19.8 Å². The van der Waals surface area contributed by atoms with E-state index in [1.807, 2.05) is 13.0 Å². The molecule has 0 atom stereocenters. The number of anilines is 1. The van der Waals surface area contributed by atoms with Gasteiger partial charge < -0.3 is 5.73 Å². The van der Waals surface area contributed by atoms with Crippen LogP contribution in [0.4, 0.5) is 5.82 Å². The van der Waals surface area contributed by atoms with E-state index in [4.69, 9.17) is 17.3 Å². The highest BCUT2D eigenvalue weighted by atomic mass is 35.5. The van der Waals surface area contributed by atoms with Crippen molar-refractivity contribution >= 4 is 29.5 Å². The van der Waals surface area contributed by atoms with Crippen LogP contribution >= 0.6 is 11.6 Å². The smallest absolute Gasteiger partial charge is 0.293 e. The molecule has 3 N–H and O–H groups in total. The van der Waals surface area contributed by atoms with Gasteiger partial charge in [-0.15, -0.1) is 5.10 Å². The average Bonchev–Trinajstić information content (AvgIpc) is 3.23. The van der Waals surface area contributed by atoms with Crippen LogP contribution in [0.5, 0.6) is 0 Å². The number of rotatable bonds is 6. The minimum atomic E-state index is -0.516. The average molecular weight is 375 g/mol. The molecule has 3 rings (SSSR count). The van der Waals surface area contributed by atoms with Gasteiger partial charge in [-0.2, -0.15) is 9.78 Å². The number of hydrazone groups is 1. The second kappa shape index (κ2) is 7.74. The summed E-state index contributed by atoms with van der Waals surface area (Å²) >= 11 is 6.04. The first-order valence-electron chi connectivity index (χ1n) is 7.72. The summed E-state index contributed by atoms with van der Waals surface area (Å²) in [6, 6.07) is 7.12. The number of nitrogens with zero attached hydrogens (tertiary/aromatic N) is 6. The van der Waals surface area contributed by atoms with E-state index in [0.29, 0.717) is 22.7 Å². The monoisotopic (exact) mass is 374 g/mol. The Balaban J connectivity index is 1.82. The normalized spacial score (nSPS) is 11.2. The maximum Gasteiger partial charge on any atom is 0.293 e. The number of carbonyl (C=O) groups is 1. The van der Waals surface area contributed by atoms with E-state index in [0.717, 1.165) is 6.42 Å². The molecule has 2 heterocycles. The Hall–Kier alpha value is -3.27. The maximum atomic E-state index is 12.4. The van der Waals surface area contributed by atoms with Crippen molar-refractivity contribution in [1.82, 2.24) is 30.7 Å². The fraction of sp³-hybridized carbons (Fsp3) is 0.200. The Bertz CT molecular complexity index is 949. The second-order valence-corrected chi connectivity index (χ2v) is 5.65. The van der Waals surface area contributed by atoms with Crippen molar-refractivity contribution in [1.29, 1.82) is 0 Å². The number of aromatic nitrogens is 5. The lowest BCUT2D eigenvalue weighted by Crippen LogP contribution is -2.20. The molecule has 3 aromatic rings. The molecule has 0 saturated heterocycles. The molecule has 0 fully saturated rings. The van der Waals surface area contributed by atoms with Crippen LogP contribution < -0.4 is 11.2 Å². The quantitative estimate of drug-likeness (QED) is 0.493. The zero-order valence-corrected chi connectivity index (χ0v) is 14.5. The molecular formula is C15H15ClN8O2. The number of carbonyl (C=O) groups excluding carboxylic acids is 1. The maximum absolute atomic E-state index is 12.4. The molecule has 134 valence electrons. The number of hydrogen-bond acceptors (Lipinski definition) is 8. The van der Waals surface area contributed by atoms with Crippen LogP contribution in [-0.4, -0.2) is 37.4 Å². The number of amides is 1. The van der Waals surface area contributed by atoms with E-state index in [1.54, 1.807) is 18.2 Å². The number of nitrogens with one attached hydrogen (secondary N) is 1. The lowest BCUT2D eigenvalue weighted by atomic mass is 10.2. The molecule has 0 spiro atoms. The van der Waals surface area contributed by atoms with Crippen LogP contribution in [0, 0.1) is 0 Å². The summed E-state index contributed by atoms with van der Waals surface area (Å²) in [7, 11) is 0. The number of hydrogen-bond donors (Lipinski definition) is 2. The van der Waals surface area contributed by atoms with Crippen molar-refractivity contribution in [3.8, 4) is 5.82 Å². The topological polar surface area (TPSA) is 137 Å². The third-order valence-electron chi connectivity index (χ3n) is 3.44. The summed E-state index contributed by atoms with van der Waals surface area (Å²) in [5.41, 5.74) is 9.42. The molecule has 10 nitrogen and oxygen atoms in total. The standard InChI is InChI=1S/C15H15ClN8O2/c1-2-5-11-12(19-23-24(11)14-13(17)21-26-22-14)15(25)20-18-8-9-6-3-4-7-10(9)16/h3-4,6-8H,2,5H2,1H3,(H2,17,21)(H,20,25)/b18-8-. The van der Waals surface area contributed by atoms with Gasteiger partial charge in [0.1, 0.15) is 0 Å². The van der Waals surface area contributed by atoms with Gasteiger partial charge in [0.15, 0.2) is 5.69 Å². The van der Waals surface area contributed by atoms with Gasteiger partial charge >= 0.3 is 0 Å². The Morgan fingerprint density at radius 3 is 2.92 bits per heavy atom. The highest BCUT2D eigenvalue weighted by molar-refractivity contribution is 6.33. The summed E-state index contributed by atoms with van der Waals surface area (Å²) in [5, 5.41) is 19.5. The number of benzene rings is 1. The van der Waals surface area contributed by atoms with Crippen molar-refractivity contribution < 1.29 is 9.42 Å². The molecule has 11 heteroatoms. The molecule has 0 unspecified atom stereocenters. The van der Waals surface area contributed by atoms with Gasteiger partial charge in [-0.05, 0) is 22.8 Å². The Morgan fingerprint density at radius 1 is 1.42 bits per heavy atom. The Kier molecular flexibility index (Phi) is 5.23. The third-order valence-corrected chi connectivity index (χ3v) is 3.78. The number of halogens is 1. The molecule has 2 aromatic heterocycles. The van der Waals surface area contributed by atoms with E-state index < -0.39 is 5.91 Å². The van der Waals surface area contributed by atoms with Crippen LogP contribution in [0.25, 0.3) is 5.82 Å². The number of nitrogens with two attached hydrogens (primary N) is 1. The Labute approximate surface area is 153 Å².